The largest absolute Gasteiger partial charge is 0.508 e. The summed E-state index contributed by atoms with van der Waals surface area (Å²) in [6.07, 6.45) is 5.22. The molecule has 4 nitrogen and oxygen atoms in total. The summed E-state index contributed by atoms with van der Waals surface area (Å²) in [7, 11) is 0. The van der Waals surface area contributed by atoms with E-state index in [9.17, 15) is 19.8 Å². The zero-order valence-corrected chi connectivity index (χ0v) is 20.4. The molecular weight excluding hydrogens is 448 g/mol. The Kier molecular flexibility index (Phi) is 7.45. The number of phenols is 2. The second-order valence-electron chi connectivity index (χ2n) is 8.63. The predicted molar refractivity (Wildman–Crippen MR) is 144 cm³/mol. The van der Waals surface area contributed by atoms with Crippen molar-refractivity contribution in [3.8, 4) is 11.5 Å². The van der Waals surface area contributed by atoms with Gasteiger partial charge in [0.05, 0.1) is 0 Å². The van der Waals surface area contributed by atoms with Crippen LogP contribution < -0.4 is 0 Å². The van der Waals surface area contributed by atoms with Gasteiger partial charge in [-0.05, 0) is 71.5 Å². The van der Waals surface area contributed by atoms with E-state index in [4.69, 9.17) is 0 Å². The molecule has 0 fully saturated rings. The molecule has 4 aromatic carbocycles. The Morgan fingerprint density at radius 1 is 0.556 bits per heavy atom. The van der Waals surface area contributed by atoms with Gasteiger partial charge in [-0.3, -0.25) is 9.59 Å². The number of carbonyl (C=O) groups excluding carboxylic acids is 2. The summed E-state index contributed by atoms with van der Waals surface area (Å²) in [5.74, 6) is 0.246. The average Bonchev–Trinajstić information content (AvgIpc) is 2.92. The molecule has 0 unspecified atom stereocenters. The highest BCUT2D eigenvalue weighted by molar-refractivity contribution is 6.10. The molecule has 180 valence electrons. The quantitative estimate of drug-likeness (QED) is 0.215. The van der Waals surface area contributed by atoms with E-state index in [0.29, 0.717) is 35.1 Å². The fraction of sp³-hybridized carbons (Fsp3) is 0.125. The molecular formula is C32H28O4. The molecule has 2 N–H and O–H groups in total. The summed E-state index contributed by atoms with van der Waals surface area (Å²) in [6.45, 7) is 3.88. The first kappa shape index (κ1) is 24.7. The van der Waals surface area contributed by atoms with Crippen molar-refractivity contribution in [2.24, 2.45) is 0 Å². The van der Waals surface area contributed by atoms with E-state index in [1.54, 1.807) is 60.7 Å². The summed E-state index contributed by atoms with van der Waals surface area (Å²) in [5, 5.41) is 19.7. The number of benzene rings is 4. The molecule has 4 rings (SSSR count). The van der Waals surface area contributed by atoms with Crippen molar-refractivity contribution in [3.63, 3.8) is 0 Å². The van der Waals surface area contributed by atoms with Gasteiger partial charge in [-0.25, -0.2) is 0 Å². The van der Waals surface area contributed by atoms with Crippen molar-refractivity contribution in [2.45, 2.75) is 26.7 Å². The van der Waals surface area contributed by atoms with Gasteiger partial charge in [0.15, 0.2) is 11.6 Å². The molecule has 0 aliphatic carbocycles. The summed E-state index contributed by atoms with van der Waals surface area (Å²) >= 11 is 0. The van der Waals surface area contributed by atoms with Gasteiger partial charge in [0.2, 0.25) is 0 Å². The first-order valence-corrected chi connectivity index (χ1v) is 12.0. The molecule has 0 aromatic heterocycles. The fourth-order valence-corrected chi connectivity index (χ4v) is 4.04. The number of aromatic hydroxyl groups is 2. The Morgan fingerprint density at radius 3 is 1.22 bits per heavy atom. The SMILES string of the molecule is CCc1cc(C(=O)c2ccc(/C=C/c3ccc(C(=O)c4ccc(O)c(CC)c4)cc3)cc2)ccc1O. The second kappa shape index (κ2) is 10.9. The molecule has 0 bridgehead atoms. The van der Waals surface area contributed by atoms with Crippen LogP contribution in [0.5, 0.6) is 11.5 Å². The molecule has 0 amide bonds. The third-order valence-electron chi connectivity index (χ3n) is 6.26. The minimum Gasteiger partial charge on any atom is -0.508 e. The lowest BCUT2D eigenvalue weighted by molar-refractivity contribution is 0.103. The predicted octanol–water partition coefficient (Wildman–Crippen LogP) is 6.86. The second-order valence-corrected chi connectivity index (χ2v) is 8.63. The zero-order valence-electron chi connectivity index (χ0n) is 20.4. The molecule has 0 saturated heterocycles. The van der Waals surface area contributed by atoms with Crippen molar-refractivity contribution < 1.29 is 19.8 Å². The Hall–Kier alpha value is -4.44. The van der Waals surface area contributed by atoms with Gasteiger partial charge >= 0.3 is 0 Å². The first-order valence-electron chi connectivity index (χ1n) is 12.0. The summed E-state index contributed by atoms with van der Waals surface area (Å²) in [4.78, 5) is 25.6. The number of phenolic OH excluding ortho intramolecular Hbond substituents is 2. The van der Waals surface area contributed by atoms with Crippen LogP contribution >= 0.6 is 0 Å². The van der Waals surface area contributed by atoms with Crippen LogP contribution in [0, 0.1) is 0 Å². The number of rotatable bonds is 8. The first-order chi connectivity index (χ1) is 17.4. The van der Waals surface area contributed by atoms with Crippen LogP contribution in [0.15, 0.2) is 84.9 Å². The van der Waals surface area contributed by atoms with Crippen LogP contribution in [0.25, 0.3) is 12.2 Å². The lowest BCUT2D eigenvalue weighted by atomic mass is 9.98. The maximum absolute atomic E-state index is 12.8. The molecule has 36 heavy (non-hydrogen) atoms. The normalized spacial score (nSPS) is 11.1. The van der Waals surface area contributed by atoms with Gasteiger partial charge in [-0.2, -0.15) is 0 Å². The number of carbonyl (C=O) groups is 2. The van der Waals surface area contributed by atoms with E-state index in [-0.39, 0.29) is 23.1 Å². The van der Waals surface area contributed by atoms with Crippen molar-refractivity contribution >= 4 is 23.7 Å². The van der Waals surface area contributed by atoms with Crippen LogP contribution in [0.2, 0.25) is 0 Å². The van der Waals surface area contributed by atoms with Crippen LogP contribution in [0.4, 0.5) is 0 Å². The van der Waals surface area contributed by atoms with Gasteiger partial charge in [-0.15, -0.1) is 0 Å². The smallest absolute Gasteiger partial charge is 0.193 e. The van der Waals surface area contributed by atoms with Crippen LogP contribution in [0.1, 0.15) is 67.9 Å². The zero-order chi connectivity index (χ0) is 25.7. The van der Waals surface area contributed by atoms with Gasteiger partial charge in [-0.1, -0.05) is 74.5 Å². The lowest BCUT2D eigenvalue weighted by Crippen LogP contribution is -2.02. The Labute approximate surface area is 211 Å². The molecule has 4 aromatic rings. The molecule has 0 aliphatic heterocycles. The average molecular weight is 477 g/mol. The van der Waals surface area contributed by atoms with Crippen molar-refractivity contribution in [3.05, 3.63) is 129 Å². The van der Waals surface area contributed by atoms with E-state index in [0.717, 1.165) is 22.3 Å². The van der Waals surface area contributed by atoms with Crippen LogP contribution in [0.3, 0.4) is 0 Å². The summed E-state index contributed by atoms with van der Waals surface area (Å²) < 4.78 is 0. The standard InChI is InChI=1S/C32H28O4/c1-3-23-19-27(15-17-29(23)33)31(35)25-11-7-21(8-12-25)5-6-22-9-13-26(14-10-22)32(36)28-16-18-30(34)24(4-2)20-28/h5-20,33-34H,3-4H2,1-2H3/b6-5+. The molecule has 0 radical (unpaired) electrons. The maximum atomic E-state index is 12.8. The monoisotopic (exact) mass is 476 g/mol. The van der Waals surface area contributed by atoms with E-state index in [2.05, 4.69) is 0 Å². The van der Waals surface area contributed by atoms with E-state index < -0.39 is 0 Å². The maximum Gasteiger partial charge on any atom is 0.193 e. The molecule has 0 spiro atoms. The van der Waals surface area contributed by atoms with Crippen molar-refractivity contribution in [1.82, 2.24) is 0 Å². The number of hydrogen-bond acceptors (Lipinski definition) is 4. The van der Waals surface area contributed by atoms with E-state index in [1.165, 1.54) is 0 Å². The fourth-order valence-electron chi connectivity index (χ4n) is 4.04. The van der Waals surface area contributed by atoms with Gasteiger partial charge in [0.25, 0.3) is 0 Å². The van der Waals surface area contributed by atoms with Crippen molar-refractivity contribution in [2.75, 3.05) is 0 Å². The summed E-state index contributed by atoms with van der Waals surface area (Å²) in [6, 6.07) is 24.6. The topological polar surface area (TPSA) is 74.6 Å². The van der Waals surface area contributed by atoms with E-state index >= 15 is 0 Å². The summed E-state index contributed by atoms with van der Waals surface area (Å²) in [5.41, 5.74) is 5.68. The van der Waals surface area contributed by atoms with E-state index in [1.807, 2.05) is 50.3 Å². The van der Waals surface area contributed by atoms with Crippen molar-refractivity contribution in [1.29, 1.82) is 0 Å². The molecule has 0 atom stereocenters. The van der Waals surface area contributed by atoms with Crippen LogP contribution in [-0.2, 0) is 12.8 Å². The minimum atomic E-state index is -0.0832. The lowest BCUT2D eigenvalue weighted by Gasteiger charge is -2.06. The number of hydrogen-bond donors (Lipinski definition) is 2. The van der Waals surface area contributed by atoms with Gasteiger partial charge < -0.3 is 10.2 Å². The highest BCUT2D eigenvalue weighted by atomic mass is 16.3. The van der Waals surface area contributed by atoms with Gasteiger partial charge in [0, 0.05) is 22.3 Å². The Balaban J connectivity index is 1.44. The minimum absolute atomic E-state index is 0.0832. The molecule has 0 aliphatic rings. The third-order valence-corrected chi connectivity index (χ3v) is 6.26. The molecule has 0 heterocycles. The van der Waals surface area contributed by atoms with Crippen LogP contribution in [-0.4, -0.2) is 21.8 Å². The van der Waals surface area contributed by atoms with Gasteiger partial charge in [0.1, 0.15) is 11.5 Å². The highest BCUT2D eigenvalue weighted by Gasteiger charge is 2.12. The Morgan fingerprint density at radius 2 is 0.889 bits per heavy atom. The molecule has 4 heteroatoms. The number of ketones is 2. The highest BCUT2D eigenvalue weighted by Crippen LogP contribution is 2.23. The third kappa shape index (κ3) is 5.44. The molecule has 0 saturated carbocycles. The Bertz CT molecular complexity index is 1320. The number of aryl methyl sites for hydroxylation is 2.